The Morgan fingerprint density at radius 3 is 2.10 bits per heavy atom. The molecule has 1 rings (SSSR count). The predicted octanol–water partition coefficient (Wildman–Crippen LogP) is 3.67. The number of carbonyl (C=O) groups excluding carboxylic acids is 1. The van der Waals surface area contributed by atoms with Gasteiger partial charge in [0, 0.05) is 18.5 Å². The fourth-order valence-corrected chi connectivity index (χ4v) is 2.13. The summed E-state index contributed by atoms with van der Waals surface area (Å²) in [5.74, 6) is -0.724. The van der Waals surface area contributed by atoms with Crippen LogP contribution in [0.1, 0.15) is 49.7 Å². The minimum absolute atomic E-state index is 0.0284. The molecule has 0 aliphatic rings. The third-order valence-electron chi connectivity index (χ3n) is 3.29. The number of nitrogens with one attached hydrogen (secondary N) is 1. The Hall–Kier alpha value is -1.84. The number of rotatable bonds is 8. The number of hydrogen-bond acceptors (Lipinski definition) is 2. The van der Waals surface area contributed by atoms with E-state index in [2.05, 4.69) is 5.32 Å². The van der Waals surface area contributed by atoms with Crippen molar-refractivity contribution in [2.75, 3.05) is 5.32 Å². The maximum atomic E-state index is 11.9. The highest BCUT2D eigenvalue weighted by atomic mass is 16.4. The lowest BCUT2D eigenvalue weighted by molar-refractivity contribution is -0.137. The van der Waals surface area contributed by atoms with Gasteiger partial charge in [-0.2, -0.15) is 0 Å². The van der Waals surface area contributed by atoms with Crippen LogP contribution in [0.5, 0.6) is 0 Å². The summed E-state index contributed by atoms with van der Waals surface area (Å²) < 4.78 is 0. The molecule has 1 aromatic carbocycles. The van der Waals surface area contributed by atoms with Gasteiger partial charge in [0.25, 0.3) is 0 Å². The molecule has 2 N–H and O–H groups in total. The van der Waals surface area contributed by atoms with Crippen LogP contribution in [0.25, 0.3) is 0 Å². The van der Waals surface area contributed by atoms with Crippen LogP contribution in [0.15, 0.2) is 18.2 Å². The molecule has 0 bridgehead atoms. The van der Waals surface area contributed by atoms with Gasteiger partial charge in [-0.15, -0.1) is 0 Å². The minimum Gasteiger partial charge on any atom is -0.481 e. The number of para-hydroxylation sites is 1. The first-order valence-electron chi connectivity index (χ1n) is 7.08. The van der Waals surface area contributed by atoms with Crippen LogP contribution in [-0.2, 0) is 9.59 Å². The summed E-state index contributed by atoms with van der Waals surface area (Å²) in [6, 6.07) is 5.94. The van der Waals surface area contributed by atoms with E-state index in [1.807, 2.05) is 32.0 Å². The molecule has 0 unspecified atom stereocenters. The van der Waals surface area contributed by atoms with Crippen molar-refractivity contribution >= 4 is 17.6 Å². The number of amides is 1. The average Bonchev–Trinajstić information content (AvgIpc) is 2.38. The normalized spacial score (nSPS) is 10.3. The Bertz CT molecular complexity index is 449. The van der Waals surface area contributed by atoms with Crippen LogP contribution in [0.2, 0.25) is 0 Å². The number of unbranched alkanes of at least 4 members (excludes halogenated alkanes) is 3. The Balaban J connectivity index is 2.25. The Morgan fingerprint density at radius 1 is 1.00 bits per heavy atom. The van der Waals surface area contributed by atoms with Gasteiger partial charge in [0.2, 0.25) is 5.91 Å². The minimum atomic E-state index is -0.752. The van der Waals surface area contributed by atoms with E-state index in [1.54, 1.807) is 0 Å². The van der Waals surface area contributed by atoms with E-state index in [0.29, 0.717) is 12.8 Å². The summed E-state index contributed by atoms with van der Waals surface area (Å²) in [6.07, 6.45) is 3.95. The van der Waals surface area contributed by atoms with E-state index in [9.17, 15) is 9.59 Å². The van der Waals surface area contributed by atoms with Crippen molar-refractivity contribution in [3.8, 4) is 0 Å². The molecule has 1 amide bonds. The average molecular weight is 277 g/mol. The van der Waals surface area contributed by atoms with Crippen LogP contribution in [0, 0.1) is 13.8 Å². The molecule has 0 aliphatic carbocycles. The Labute approximate surface area is 120 Å². The molecule has 4 heteroatoms. The van der Waals surface area contributed by atoms with Gasteiger partial charge in [-0.3, -0.25) is 9.59 Å². The number of carboxylic acid groups (broad SMARTS) is 1. The molecule has 0 radical (unpaired) electrons. The standard InChI is InChI=1S/C16H23NO3/c1-12-8-7-9-13(2)16(12)17-14(18)10-5-3-4-6-11-15(19)20/h7-9H,3-6,10-11H2,1-2H3,(H,17,18)(H,19,20). The fourth-order valence-electron chi connectivity index (χ4n) is 2.13. The second-order valence-corrected chi connectivity index (χ2v) is 5.12. The number of carboxylic acids is 1. The SMILES string of the molecule is Cc1cccc(C)c1NC(=O)CCCCCCC(=O)O. The monoisotopic (exact) mass is 277 g/mol. The number of anilines is 1. The number of carbonyl (C=O) groups is 2. The lowest BCUT2D eigenvalue weighted by atomic mass is 10.1. The first-order chi connectivity index (χ1) is 9.50. The molecule has 0 heterocycles. The van der Waals surface area contributed by atoms with Crippen LogP contribution in [0.3, 0.4) is 0 Å². The zero-order valence-electron chi connectivity index (χ0n) is 12.2. The number of aliphatic carboxylic acids is 1. The van der Waals surface area contributed by atoms with Gasteiger partial charge < -0.3 is 10.4 Å². The van der Waals surface area contributed by atoms with Gasteiger partial charge in [0.05, 0.1) is 0 Å². The highest BCUT2D eigenvalue weighted by molar-refractivity contribution is 5.92. The third-order valence-corrected chi connectivity index (χ3v) is 3.29. The molecule has 0 fully saturated rings. The summed E-state index contributed by atoms with van der Waals surface area (Å²) in [5, 5.41) is 11.5. The van der Waals surface area contributed by atoms with Gasteiger partial charge in [-0.25, -0.2) is 0 Å². The largest absolute Gasteiger partial charge is 0.481 e. The van der Waals surface area contributed by atoms with Crippen LogP contribution >= 0.6 is 0 Å². The second-order valence-electron chi connectivity index (χ2n) is 5.12. The van der Waals surface area contributed by atoms with E-state index >= 15 is 0 Å². The van der Waals surface area contributed by atoms with E-state index in [1.165, 1.54) is 0 Å². The van der Waals surface area contributed by atoms with Gasteiger partial charge >= 0.3 is 5.97 Å². The van der Waals surface area contributed by atoms with Crippen molar-refractivity contribution in [3.05, 3.63) is 29.3 Å². The van der Waals surface area contributed by atoms with Gasteiger partial charge in [-0.05, 0) is 37.8 Å². The Kier molecular flexibility index (Phi) is 6.77. The molecule has 20 heavy (non-hydrogen) atoms. The highest BCUT2D eigenvalue weighted by Crippen LogP contribution is 2.19. The molecule has 0 saturated carbocycles. The number of aryl methyl sites for hydroxylation is 2. The Morgan fingerprint density at radius 2 is 1.55 bits per heavy atom. The molecule has 0 spiro atoms. The van der Waals surface area contributed by atoms with Gasteiger partial charge in [0.1, 0.15) is 0 Å². The molecule has 0 aliphatic heterocycles. The topological polar surface area (TPSA) is 66.4 Å². The van der Waals surface area contributed by atoms with E-state index in [-0.39, 0.29) is 12.3 Å². The first kappa shape index (κ1) is 16.2. The van der Waals surface area contributed by atoms with Crippen molar-refractivity contribution in [1.29, 1.82) is 0 Å². The van der Waals surface area contributed by atoms with Crippen molar-refractivity contribution in [1.82, 2.24) is 0 Å². The molecule has 110 valence electrons. The van der Waals surface area contributed by atoms with Crippen molar-refractivity contribution in [2.24, 2.45) is 0 Å². The summed E-state index contributed by atoms with van der Waals surface area (Å²) in [6.45, 7) is 3.96. The van der Waals surface area contributed by atoms with Crippen LogP contribution < -0.4 is 5.32 Å². The lowest BCUT2D eigenvalue weighted by Gasteiger charge is -2.11. The maximum absolute atomic E-state index is 11.9. The zero-order chi connectivity index (χ0) is 15.0. The smallest absolute Gasteiger partial charge is 0.303 e. The first-order valence-corrected chi connectivity index (χ1v) is 7.08. The van der Waals surface area contributed by atoms with Crippen LogP contribution in [-0.4, -0.2) is 17.0 Å². The van der Waals surface area contributed by atoms with Crippen molar-refractivity contribution < 1.29 is 14.7 Å². The quantitative estimate of drug-likeness (QED) is 0.712. The van der Waals surface area contributed by atoms with Crippen molar-refractivity contribution in [3.63, 3.8) is 0 Å². The predicted molar refractivity (Wildman–Crippen MR) is 79.9 cm³/mol. The highest BCUT2D eigenvalue weighted by Gasteiger charge is 2.06. The molecular formula is C16H23NO3. The third kappa shape index (κ3) is 5.87. The van der Waals surface area contributed by atoms with E-state index in [0.717, 1.165) is 36.1 Å². The molecule has 0 saturated heterocycles. The van der Waals surface area contributed by atoms with Crippen molar-refractivity contribution in [2.45, 2.75) is 52.4 Å². The lowest BCUT2D eigenvalue weighted by Crippen LogP contribution is -2.13. The van der Waals surface area contributed by atoms with Crippen LogP contribution in [0.4, 0.5) is 5.69 Å². The summed E-state index contributed by atoms with van der Waals surface area (Å²) in [7, 11) is 0. The number of benzene rings is 1. The summed E-state index contributed by atoms with van der Waals surface area (Å²) >= 11 is 0. The second kappa shape index (κ2) is 8.35. The molecule has 0 atom stereocenters. The fraction of sp³-hybridized carbons (Fsp3) is 0.500. The molecule has 1 aromatic rings. The zero-order valence-corrected chi connectivity index (χ0v) is 12.2. The van der Waals surface area contributed by atoms with E-state index < -0.39 is 5.97 Å². The van der Waals surface area contributed by atoms with E-state index in [4.69, 9.17) is 5.11 Å². The molecule has 4 nitrogen and oxygen atoms in total. The molecular weight excluding hydrogens is 254 g/mol. The van der Waals surface area contributed by atoms with Gasteiger partial charge in [0.15, 0.2) is 0 Å². The summed E-state index contributed by atoms with van der Waals surface area (Å²) in [5.41, 5.74) is 3.04. The summed E-state index contributed by atoms with van der Waals surface area (Å²) in [4.78, 5) is 22.2. The molecule has 0 aromatic heterocycles. The van der Waals surface area contributed by atoms with Gasteiger partial charge in [-0.1, -0.05) is 31.0 Å². The number of hydrogen-bond donors (Lipinski definition) is 2. The maximum Gasteiger partial charge on any atom is 0.303 e.